The fraction of sp³-hybridized carbons (Fsp3) is 0.310. The number of ether oxygens (including phenoxy) is 2. The highest BCUT2D eigenvalue weighted by Crippen LogP contribution is 2.40. The van der Waals surface area contributed by atoms with Crippen molar-refractivity contribution in [3.8, 4) is 23.8 Å². The van der Waals surface area contributed by atoms with E-state index in [9.17, 15) is 22.4 Å². The first-order chi connectivity index (χ1) is 20.5. The van der Waals surface area contributed by atoms with Crippen molar-refractivity contribution in [1.29, 1.82) is 0 Å². The fourth-order valence-electron chi connectivity index (χ4n) is 3.71. The van der Waals surface area contributed by atoms with Crippen molar-refractivity contribution in [2.75, 3.05) is 48.3 Å². The minimum absolute atomic E-state index is 0.0114. The predicted molar refractivity (Wildman–Crippen MR) is 161 cm³/mol. The third kappa shape index (κ3) is 7.69. The van der Waals surface area contributed by atoms with E-state index in [1.54, 1.807) is 13.0 Å². The number of esters is 1. The van der Waals surface area contributed by atoms with Gasteiger partial charge in [-0.2, -0.15) is 4.98 Å². The van der Waals surface area contributed by atoms with Gasteiger partial charge in [0, 0.05) is 33.6 Å². The molecule has 1 N–H and O–H groups in total. The summed E-state index contributed by atoms with van der Waals surface area (Å²) in [6.45, 7) is 6.09. The minimum Gasteiger partial charge on any atom is -0.420 e. The van der Waals surface area contributed by atoms with Crippen LogP contribution in [-0.4, -0.2) is 69.1 Å². The second kappa shape index (κ2) is 14.3. The third-order valence-electron chi connectivity index (χ3n) is 6.01. The topological polar surface area (TPSA) is 134 Å². The monoisotopic (exact) mass is 612 g/mol. The second-order valence-corrected chi connectivity index (χ2v) is 11.0. The normalized spacial score (nSPS) is 10.8. The molecule has 0 unspecified atom stereocenters. The number of hydrogen-bond donors (Lipinski definition) is 1. The summed E-state index contributed by atoms with van der Waals surface area (Å²) < 4.78 is 53.0. The molecular weight excluding hydrogens is 579 g/mol. The Kier molecular flexibility index (Phi) is 10.9. The van der Waals surface area contributed by atoms with Crippen LogP contribution in [0.1, 0.15) is 27.2 Å². The summed E-state index contributed by atoms with van der Waals surface area (Å²) in [5, 5.41) is 3.03. The van der Waals surface area contributed by atoms with Crippen molar-refractivity contribution < 1.29 is 31.9 Å². The zero-order valence-electron chi connectivity index (χ0n) is 24.5. The summed E-state index contributed by atoms with van der Waals surface area (Å²) in [7, 11) is -1.34. The number of nitrogens with zero attached hydrogens (tertiary/aromatic N) is 5. The number of aromatic nitrogens is 2. The molecule has 3 aromatic rings. The maximum atomic E-state index is 13.7. The molecule has 3 rings (SSSR count). The maximum Gasteiger partial charge on any atom is 0.414 e. The highest BCUT2D eigenvalue weighted by Gasteiger charge is 2.29. The van der Waals surface area contributed by atoms with Gasteiger partial charge in [-0.25, -0.2) is 26.9 Å². The summed E-state index contributed by atoms with van der Waals surface area (Å²) >= 11 is 0. The van der Waals surface area contributed by atoms with Gasteiger partial charge in [-0.1, -0.05) is 18.9 Å². The number of carbonyl (C=O) groups excluding carboxylic acids is 2. The van der Waals surface area contributed by atoms with Crippen LogP contribution < -0.4 is 24.0 Å². The number of nitrogens with one attached hydrogen (secondary N) is 1. The number of benzene rings is 2. The number of para-hydroxylation sites is 1. The van der Waals surface area contributed by atoms with E-state index in [1.807, 2.05) is 18.7 Å². The SMILES string of the molecule is C#CCN(c1cnc(N(CC)CC)nc1Nc1cccc(OC(=O)N(C)C)c1OC(=O)CC)S(=O)(=O)c1ccc(F)cc1. The largest absolute Gasteiger partial charge is 0.420 e. The van der Waals surface area contributed by atoms with Crippen molar-refractivity contribution in [2.24, 2.45) is 0 Å². The van der Waals surface area contributed by atoms with Gasteiger partial charge in [0.05, 0.1) is 23.3 Å². The van der Waals surface area contributed by atoms with Crippen molar-refractivity contribution in [2.45, 2.75) is 32.1 Å². The summed E-state index contributed by atoms with van der Waals surface area (Å²) in [6, 6.07) is 8.81. The van der Waals surface area contributed by atoms with E-state index in [4.69, 9.17) is 15.9 Å². The van der Waals surface area contributed by atoms with Crippen molar-refractivity contribution in [1.82, 2.24) is 14.9 Å². The number of carbonyl (C=O) groups is 2. The molecule has 43 heavy (non-hydrogen) atoms. The van der Waals surface area contributed by atoms with E-state index >= 15 is 0 Å². The van der Waals surface area contributed by atoms with Crippen LogP contribution in [0.3, 0.4) is 0 Å². The first-order valence-corrected chi connectivity index (χ1v) is 14.7. The molecule has 0 bridgehead atoms. The number of rotatable bonds is 12. The summed E-state index contributed by atoms with van der Waals surface area (Å²) in [6.07, 6.45) is 6.18. The number of sulfonamides is 1. The van der Waals surface area contributed by atoms with Gasteiger partial charge < -0.3 is 24.6 Å². The Balaban J connectivity index is 2.25. The van der Waals surface area contributed by atoms with Gasteiger partial charge in [0.2, 0.25) is 5.95 Å². The molecule has 0 saturated heterocycles. The summed E-state index contributed by atoms with van der Waals surface area (Å²) in [5.74, 6) is 1.19. The lowest BCUT2D eigenvalue weighted by Gasteiger charge is -2.26. The van der Waals surface area contributed by atoms with E-state index in [1.165, 1.54) is 37.3 Å². The molecule has 0 radical (unpaired) electrons. The molecule has 0 aliphatic carbocycles. The Bertz CT molecular complexity index is 1600. The molecule has 1 aromatic heterocycles. The summed E-state index contributed by atoms with van der Waals surface area (Å²) in [5.41, 5.74) is 0.0952. The van der Waals surface area contributed by atoms with Gasteiger partial charge in [0.15, 0.2) is 17.3 Å². The smallest absolute Gasteiger partial charge is 0.414 e. The Morgan fingerprint density at radius 3 is 2.30 bits per heavy atom. The van der Waals surface area contributed by atoms with Gasteiger partial charge >= 0.3 is 12.1 Å². The average molecular weight is 613 g/mol. The van der Waals surface area contributed by atoms with Gasteiger partial charge in [-0.05, 0) is 50.2 Å². The Morgan fingerprint density at radius 2 is 1.72 bits per heavy atom. The molecule has 1 amide bonds. The van der Waals surface area contributed by atoms with Crippen LogP contribution in [0.5, 0.6) is 11.5 Å². The highest BCUT2D eigenvalue weighted by molar-refractivity contribution is 7.92. The van der Waals surface area contributed by atoms with E-state index in [-0.39, 0.29) is 46.0 Å². The van der Waals surface area contributed by atoms with Gasteiger partial charge in [0.1, 0.15) is 11.5 Å². The number of halogens is 1. The molecule has 0 spiro atoms. The van der Waals surface area contributed by atoms with Crippen molar-refractivity contribution >= 4 is 45.2 Å². The van der Waals surface area contributed by atoms with Gasteiger partial charge in [0.25, 0.3) is 10.0 Å². The molecule has 0 atom stereocenters. The Hall–Kier alpha value is -4.90. The van der Waals surface area contributed by atoms with Crippen LogP contribution in [0.25, 0.3) is 0 Å². The second-order valence-electron chi connectivity index (χ2n) is 9.09. The predicted octanol–water partition coefficient (Wildman–Crippen LogP) is 4.41. The van der Waals surface area contributed by atoms with Crippen LogP contribution in [0, 0.1) is 18.2 Å². The molecule has 0 aliphatic rings. The van der Waals surface area contributed by atoms with Crippen LogP contribution in [0.15, 0.2) is 53.6 Å². The lowest BCUT2D eigenvalue weighted by molar-refractivity contribution is -0.134. The molecular formula is C29H33FN6O6S. The van der Waals surface area contributed by atoms with Gasteiger partial charge in [-0.15, -0.1) is 6.42 Å². The molecule has 228 valence electrons. The number of amides is 1. The standard InChI is InChI=1S/C29H33FN6O6S/c1-7-18-36(43(39,40)21-16-14-20(30)15-17-21)23-19-31-28(35(9-3)10-4)33-27(23)32-22-12-11-13-24(41-29(38)34(5)6)26(22)42-25(37)8-2/h1,11-17,19H,8-10,18H2,2-6H3,(H,31,32,33). The fourth-order valence-corrected chi connectivity index (χ4v) is 5.09. The molecule has 1 heterocycles. The number of terminal acetylenes is 1. The quantitative estimate of drug-likeness (QED) is 0.178. The molecule has 0 fully saturated rings. The first-order valence-electron chi connectivity index (χ1n) is 13.3. The molecule has 14 heteroatoms. The first kappa shape index (κ1) is 32.6. The van der Waals surface area contributed by atoms with E-state index in [0.717, 1.165) is 28.6 Å². The van der Waals surface area contributed by atoms with Crippen molar-refractivity contribution in [3.05, 3.63) is 54.5 Å². The lowest BCUT2D eigenvalue weighted by Crippen LogP contribution is -2.33. The highest BCUT2D eigenvalue weighted by atomic mass is 32.2. The lowest BCUT2D eigenvalue weighted by atomic mass is 10.2. The third-order valence-corrected chi connectivity index (χ3v) is 7.78. The van der Waals surface area contributed by atoms with Crippen LogP contribution in [-0.2, 0) is 14.8 Å². The van der Waals surface area contributed by atoms with E-state index in [2.05, 4.69) is 21.2 Å². The van der Waals surface area contributed by atoms with Crippen LogP contribution in [0.4, 0.5) is 32.3 Å². The molecule has 0 aliphatic heterocycles. The zero-order chi connectivity index (χ0) is 31.7. The Labute approximate surface area is 250 Å². The number of hydrogen-bond acceptors (Lipinski definition) is 10. The molecule has 2 aromatic carbocycles. The maximum absolute atomic E-state index is 13.7. The van der Waals surface area contributed by atoms with Crippen molar-refractivity contribution in [3.63, 3.8) is 0 Å². The van der Waals surface area contributed by atoms with E-state index < -0.39 is 34.4 Å². The van der Waals surface area contributed by atoms with E-state index in [0.29, 0.717) is 13.1 Å². The zero-order valence-corrected chi connectivity index (χ0v) is 25.3. The average Bonchev–Trinajstić information content (AvgIpc) is 2.98. The molecule has 12 nitrogen and oxygen atoms in total. The van der Waals surface area contributed by atoms with Gasteiger partial charge in [-0.3, -0.25) is 4.79 Å². The van der Waals surface area contributed by atoms with Crippen LogP contribution >= 0.6 is 0 Å². The molecule has 0 saturated carbocycles. The minimum atomic E-state index is -4.33. The summed E-state index contributed by atoms with van der Waals surface area (Å²) in [4.78, 5) is 36.6. The Morgan fingerprint density at radius 1 is 1.05 bits per heavy atom. The van der Waals surface area contributed by atoms with Crippen LogP contribution in [0.2, 0.25) is 0 Å². The number of anilines is 4.